The van der Waals surface area contributed by atoms with E-state index in [1.807, 2.05) is 0 Å². The molecule has 0 aliphatic carbocycles. The summed E-state index contributed by atoms with van der Waals surface area (Å²) in [6.45, 7) is 2.20. The molecular weight excluding hydrogens is 278 g/mol. The van der Waals surface area contributed by atoms with Crippen LogP contribution < -0.4 is 16.0 Å². The maximum Gasteiger partial charge on any atom is 0.239 e. The lowest BCUT2D eigenvalue weighted by Crippen LogP contribution is -2.42. The van der Waals surface area contributed by atoms with Gasteiger partial charge in [0.1, 0.15) is 11.6 Å². The number of rotatable bonds is 10. The molecule has 0 aliphatic rings. The van der Waals surface area contributed by atoms with E-state index >= 15 is 0 Å². The quantitative estimate of drug-likeness (QED) is 0.462. The van der Waals surface area contributed by atoms with Gasteiger partial charge in [-0.2, -0.15) is 0 Å². The minimum atomic E-state index is -0.507. The molecule has 3 amide bonds. The first-order valence-electron chi connectivity index (χ1n) is 6.60. The molecule has 0 aromatic heterocycles. The highest BCUT2D eigenvalue weighted by Crippen LogP contribution is 1.95. The SMILES string of the molecule is CC(=O)CCCC(=O)NCC(=O)NCC(=O)NCC(C)=O. The third kappa shape index (κ3) is 12.5. The van der Waals surface area contributed by atoms with Crippen LogP contribution in [0.5, 0.6) is 0 Å². The fourth-order valence-corrected chi connectivity index (χ4v) is 1.29. The van der Waals surface area contributed by atoms with E-state index < -0.39 is 11.8 Å². The lowest BCUT2D eigenvalue weighted by molar-refractivity contribution is -0.128. The van der Waals surface area contributed by atoms with Gasteiger partial charge in [-0.1, -0.05) is 0 Å². The minimum Gasteiger partial charge on any atom is -0.348 e. The number of amides is 3. The van der Waals surface area contributed by atoms with Gasteiger partial charge in [0.2, 0.25) is 17.7 Å². The number of nitrogens with one attached hydrogen (secondary N) is 3. The summed E-state index contributed by atoms with van der Waals surface area (Å²) in [5.41, 5.74) is 0. The van der Waals surface area contributed by atoms with Gasteiger partial charge in [-0.05, 0) is 20.3 Å². The van der Waals surface area contributed by atoms with Gasteiger partial charge in [-0.15, -0.1) is 0 Å². The molecule has 0 atom stereocenters. The van der Waals surface area contributed by atoms with Crippen molar-refractivity contribution in [3.63, 3.8) is 0 Å². The van der Waals surface area contributed by atoms with Gasteiger partial charge in [0, 0.05) is 12.8 Å². The highest BCUT2D eigenvalue weighted by Gasteiger charge is 2.08. The second-order valence-electron chi connectivity index (χ2n) is 4.59. The van der Waals surface area contributed by atoms with Crippen LogP contribution in [0.25, 0.3) is 0 Å². The Morgan fingerprint density at radius 1 is 0.619 bits per heavy atom. The molecule has 118 valence electrons. The summed E-state index contributed by atoms with van der Waals surface area (Å²) in [7, 11) is 0. The van der Waals surface area contributed by atoms with Crippen molar-refractivity contribution in [2.45, 2.75) is 33.1 Å². The molecule has 0 aromatic rings. The first-order valence-corrected chi connectivity index (χ1v) is 6.60. The molecule has 0 aliphatic heterocycles. The van der Waals surface area contributed by atoms with E-state index in [2.05, 4.69) is 16.0 Å². The van der Waals surface area contributed by atoms with Crippen molar-refractivity contribution in [2.75, 3.05) is 19.6 Å². The Hall–Kier alpha value is -2.25. The second-order valence-corrected chi connectivity index (χ2v) is 4.59. The highest BCUT2D eigenvalue weighted by molar-refractivity contribution is 5.89. The zero-order valence-corrected chi connectivity index (χ0v) is 12.3. The molecule has 0 heterocycles. The van der Waals surface area contributed by atoms with Gasteiger partial charge in [-0.3, -0.25) is 19.2 Å². The third-order valence-electron chi connectivity index (χ3n) is 2.36. The fraction of sp³-hybridized carbons (Fsp3) is 0.615. The monoisotopic (exact) mass is 299 g/mol. The van der Waals surface area contributed by atoms with Crippen LogP contribution in [0.4, 0.5) is 0 Å². The molecule has 3 N–H and O–H groups in total. The van der Waals surface area contributed by atoms with E-state index in [0.29, 0.717) is 12.8 Å². The summed E-state index contributed by atoms with van der Waals surface area (Å²) in [5, 5.41) is 7.01. The minimum absolute atomic E-state index is 0.0112. The average Bonchev–Trinajstić information content (AvgIpc) is 2.40. The summed E-state index contributed by atoms with van der Waals surface area (Å²) >= 11 is 0. The number of hydrogen-bond donors (Lipinski definition) is 3. The molecule has 0 saturated carbocycles. The third-order valence-corrected chi connectivity index (χ3v) is 2.36. The van der Waals surface area contributed by atoms with Crippen LogP contribution in [0.15, 0.2) is 0 Å². The van der Waals surface area contributed by atoms with Crippen molar-refractivity contribution in [1.29, 1.82) is 0 Å². The van der Waals surface area contributed by atoms with Crippen molar-refractivity contribution < 1.29 is 24.0 Å². The van der Waals surface area contributed by atoms with Gasteiger partial charge in [-0.25, -0.2) is 0 Å². The van der Waals surface area contributed by atoms with Crippen molar-refractivity contribution in [1.82, 2.24) is 16.0 Å². The zero-order valence-electron chi connectivity index (χ0n) is 12.3. The predicted octanol–water partition coefficient (Wildman–Crippen LogP) is -1.32. The Labute approximate surface area is 123 Å². The lowest BCUT2D eigenvalue weighted by atomic mass is 10.2. The van der Waals surface area contributed by atoms with Crippen LogP contribution in [-0.4, -0.2) is 48.9 Å². The number of hydrogen-bond acceptors (Lipinski definition) is 5. The van der Waals surface area contributed by atoms with Gasteiger partial charge in [0.05, 0.1) is 19.6 Å². The Kier molecular flexibility index (Phi) is 9.40. The van der Waals surface area contributed by atoms with Crippen LogP contribution in [0.3, 0.4) is 0 Å². The molecule has 0 aromatic carbocycles. The number of ketones is 2. The molecule has 0 rings (SSSR count). The van der Waals surface area contributed by atoms with E-state index in [0.717, 1.165) is 0 Å². The molecule has 0 spiro atoms. The second kappa shape index (κ2) is 10.5. The standard InChI is InChI=1S/C13H21N3O5/c1-9(17)4-3-5-11(19)15-7-13(21)16-8-12(20)14-6-10(2)18/h3-8H2,1-2H3,(H,14,20)(H,15,19)(H,16,21). The van der Waals surface area contributed by atoms with Crippen LogP contribution in [0.1, 0.15) is 33.1 Å². The smallest absolute Gasteiger partial charge is 0.239 e. The summed E-state index contributed by atoms with van der Waals surface area (Å²) in [5.74, 6) is -1.49. The Morgan fingerprint density at radius 2 is 1.10 bits per heavy atom. The molecule has 8 nitrogen and oxygen atoms in total. The number of carbonyl (C=O) groups is 5. The predicted molar refractivity (Wildman–Crippen MR) is 74.2 cm³/mol. The van der Waals surface area contributed by atoms with Crippen LogP contribution in [0, 0.1) is 0 Å². The van der Waals surface area contributed by atoms with Crippen LogP contribution in [-0.2, 0) is 24.0 Å². The molecular formula is C13H21N3O5. The van der Waals surface area contributed by atoms with Gasteiger partial charge in [0.25, 0.3) is 0 Å². The molecule has 0 fully saturated rings. The molecule has 0 radical (unpaired) electrons. The fourth-order valence-electron chi connectivity index (χ4n) is 1.29. The summed E-state index contributed by atoms with van der Waals surface area (Å²) < 4.78 is 0. The molecule has 8 heteroatoms. The maximum absolute atomic E-state index is 11.3. The molecule has 0 unspecified atom stereocenters. The first-order chi connectivity index (χ1) is 9.81. The van der Waals surface area contributed by atoms with Crippen LogP contribution in [0.2, 0.25) is 0 Å². The van der Waals surface area contributed by atoms with E-state index in [9.17, 15) is 24.0 Å². The van der Waals surface area contributed by atoms with Crippen LogP contribution >= 0.6 is 0 Å². The normalized spacial score (nSPS) is 9.62. The topological polar surface area (TPSA) is 121 Å². The van der Waals surface area contributed by atoms with Gasteiger partial charge in [0.15, 0.2) is 0 Å². The van der Waals surface area contributed by atoms with E-state index in [1.165, 1.54) is 13.8 Å². The Bertz CT molecular complexity index is 420. The van der Waals surface area contributed by atoms with Crippen molar-refractivity contribution in [3.8, 4) is 0 Å². The van der Waals surface area contributed by atoms with Crippen molar-refractivity contribution in [3.05, 3.63) is 0 Å². The maximum atomic E-state index is 11.3. The Balaban J connectivity index is 3.70. The number of carbonyl (C=O) groups excluding carboxylic acids is 5. The molecule has 21 heavy (non-hydrogen) atoms. The highest BCUT2D eigenvalue weighted by atomic mass is 16.2. The summed E-state index contributed by atoms with van der Waals surface area (Å²) in [4.78, 5) is 55.2. The summed E-state index contributed by atoms with van der Waals surface area (Å²) in [6.07, 6.45) is 0.943. The first kappa shape index (κ1) is 18.8. The zero-order chi connectivity index (χ0) is 16.3. The summed E-state index contributed by atoms with van der Waals surface area (Å²) in [6, 6.07) is 0. The van der Waals surface area contributed by atoms with Crippen molar-refractivity contribution >= 4 is 29.3 Å². The van der Waals surface area contributed by atoms with Crippen molar-refractivity contribution in [2.24, 2.45) is 0 Å². The van der Waals surface area contributed by atoms with Gasteiger partial charge >= 0.3 is 0 Å². The lowest BCUT2D eigenvalue weighted by Gasteiger charge is -2.07. The van der Waals surface area contributed by atoms with Gasteiger partial charge < -0.3 is 20.7 Å². The molecule has 0 saturated heterocycles. The Morgan fingerprint density at radius 3 is 1.57 bits per heavy atom. The van der Waals surface area contributed by atoms with E-state index in [1.54, 1.807) is 0 Å². The average molecular weight is 299 g/mol. The van der Waals surface area contributed by atoms with E-state index in [4.69, 9.17) is 0 Å². The van der Waals surface area contributed by atoms with E-state index in [-0.39, 0.29) is 43.5 Å². The number of Topliss-reactive ketones (excluding diaryl/α,β-unsaturated/α-hetero) is 2. The molecule has 0 bridgehead atoms. The largest absolute Gasteiger partial charge is 0.348 e.